The van der Waals surface area contributed by atoms with Gasteiger partial charge in [0.25, 0.3) is 5.56 Å². The van der Waals surface area contributed by atoms with Gasteiger partial charge in [0.2, 0.25) is 5.91 Å². The van der Waals surface area contributed by atoms with Gasteiger partial charge in [-0.2, -0.15) is 10.2 Å². The fourth-order valence-corrected chi connectivity index (χ4v) is 3.75. The Bertz CT molecular complexity index is 1110. The van der Waals surface area contributed by atoms with E-state index in [0.29, 0.717) is 17.8 Å². The fraction of sp³-hybridized carbons (Fsp3) is 0.455. The molecule has 170 valence electrons. The van der Waals surface area contributed by atoms with Crippen molar-refractivity contribution in [3.8, 4) is 17.0 Å². The van der Waals surface area contributed by atoms with Gasteiger partial charge in [0.15, 0.2) is 0 Å². The van der Waals surface area contributed by atoms with E-state index in [2.05, 4.69) is 32.4 Å². The van der Waals surface area contributed by atoms with Crippen LogP contribution < -0.4 is 15.6 Å². The first-order valence-corrected chi connectivity index (χ1v) is 10.8. The van der Waals surface area contributed by atoms with Crippen molar-refractivity contribution in [2.24, 2.45) is 0 Å². The summed E-state index contributed by atoms with van der Waals surface area (Å²) in [7, 11) is 3.74. The number of aromatic nitrogens is 4. The second-order valence-corrected chi connectivity index (χ2v) is 8.03. The zero-order valence-corrected chi connectivity index (χ0v) is 18.5. The zero-order valence-electron chi connectivity index (χ0n) is 18.5. The summed E-state index contributed by atoms with van der Waals surface area (Å²) in [5.41, 5.74) is 1.53. The van der Waals surface area contributed by atoms with Crippen LogP contribution in [0.3, 0.4) is 0 Å². The van der Waals surface area contributed by atoms with Gasteiger partial charge in [0.05, 0.1) is 12.8 Å². The van der Waals surface area contributed by atoms with Crippen LogP contribution in [0.15, 0.2) is 41.5 Å². The number of hydrogen-bond acceptors (Lipinski definition) is 7. The Balaban J connectivity index is 1.34. The lowest BCUT2D eigenvalue weighted by Gasteiger charge is -2.32. The summed E-state index contributed by atoms with van der Waals surface area (Å²) in [6.07, 6.45) is 2.33. The van der Waals surface area contributed by atoms with Crippen LogP contribution in [0.4, 0.5) is 0 Å². The van der Waals surface area contributed by atoms with E-state index < -0.39 is 0 Å². The molecular formula is C22H29N7O3. The maximum Gasteiger partial charge on any atom is 0.293 e. The molecule has 1 saturated heterocycles. The molecule has 1 amide bonds. The normalized spacial score (nSPS) is 15.2. The number of rotatable bonds is 8. The van der Waals surface area contributed by atoms with E-state index in [9.17, 15) is 9.59 Å². The average Bonchev–Trinajstić information content (AvgIpc) is 3.25. The first-order valence-electron chi connectivity index (χ1n) is 10.8. The van der Waals surface area contributed by atoms with E-state index in [-0.39, 0.29) is 18.0 Å². The van der Waals surface area contributed by atoms with Gasteiger partial charge < -0.3 is 19.9 Å². The molecule has 0 spiro atoms. The minimum absolute atomic E-state index is 0.118. The minimum atomic E-state index is -0.354. The van der Waals surface area contributed by atoms with Crippen molar-refractivity contribution in [1.82, 2.24) is 34.5 Å². The molecule has 0 bridgehead atoms. The highest BCUT2D eigenvalue weighted by molar-refractivity contribution is 5.75. The van der Waals surface area contributed by atoms with Crippen molar-refractivity contribution in [3.05, 3.63) is 47.0 Å². The molecule has 32 heavy (non-hydrogen) atoms. The molecule has 10 nitrogen and oxygen atoms in total. The summed E-state index contributed by atoms with van der Waals surface area (Å²) in [6.45, 7) is 5.71. The number of ether oxygens (including phenoxy) is 1. The number of carbonyl (C=O) groups excluding carboxylic acids is 1. The molecule has 2 aromatic heterocycles. The summed E-state index contributed by atoms with van der Waals surface area (Å²) < 4.78 is 7.78. The van der Waals surface area contributed by atoms with Crippen LogP contribution in [0.25, 0.3) is 16.8 Å². The van der Waals surface area contributed by atoms with Crippen molar-refractivity contribution in [1.29, 1.82) is 0 Å². The van der Waals surface area contributed by atoms with E-state index >= 15 is 0 Å². The number of amides is 1. The number of carbonyl (C=O) groups is 1. The maximum absolute atomic E-state index is 12.8. The van der Waals surface area contributed by atoms with E-state index in [1.165, 1.54) is 15.5 Å². The van der Waals surface area contributed by atoms with Crippen LogP contribution >= 0.6 is 0 Å². The number of methoxy groups -OCH3 is 1. The summed E-state index contributed by atoms with van der Waals surface area (Å²) in [5.74, 6) is 0.522. The minimum Gasteiger partial charge on any atom is -0.497 e. The quantitative estimate of drug-likeness (QED) is 0.505. The number of nitrogens with one attached hydrogen (secondary N) is 1. The Labute approximate surface area is 186 Å². The molecule has 4 rings (SSSR count). The van der Waals surface area contributed by atoms with Gasteiger partial charge in [-0.3, -0.25) is 9.59 Å². The number of piperazine rings is 1. The topological polar surface area (TPSA) is 97.0 Å². The van der Waals surface area contributed by atoms with Crippen LogP contribution in [-0.4, -0.2) is 88.5 Å². The van der Waals surface area contributed by atoms with Gasteiger partial charge in [0, 0.05) is 38.3 Å². The molecule has 1 fully saturated rings. The molecule has 3 heterocycles. The molecule has 0 saturated carbocycles. The molecule has 3 aromatic rings. The first-order chi connectivity index (χ1) is 15.5. The Morgan fingerprint density at radius 1 is 1.16 bits per heavy atom. The second-order valence-electron chi connectivity index (χ2n) is 8.03. The number of hydrogen-bond donors (Lipinski definition) is 1. The lowest BCUT2D eigenvalue weighted by Crippen LogP contribution is -2.45. The van der Waals surface area contributed by atoms with Gasteiger partial charge in [-0.05, 0) is 50.3 Å². The third-order valence-electron chi connectivity index (χ3n) is 5.74. The Hall–Kier alpha value is -3.24. The number of likely N-dealkylation sites (N-methyl/N-ethyl adjacent to an activating group) is 1. The first kappa shape index (κ1) is 22.0. The lowest BCUT2D eigenvalue weighted by molar-refractivity contribution is -0.121. The average molecular weight is 440 g/mol. The van der Waals surface area contributed by atoms with E-state index in [1.54, 1.807) is 13.2 Å². The van der Waals surface area contributed by atoms with E-state index in [0.717, 1.165) is 50.5 Å². The molecule has 0 radical (unpaired) electrons. The van der Waals surface area contributed by atoms with Crippen LogP contribution in [0.5, 0.6) is 5.75 Å². The van der Waals surface area contributed by atoms with Gasteiger partial charge >= 0.3 is 0 Å². The predicted octanol–water partition coefficient (Wildman–Crippen LogP) is 0.320. The molecular weight excluding hydrogens is 410 g/mol. The summed E-state index contributed by atoms with van der Waals surface area (Å²) >= 11 is 0. The fourth-order valence-electron chi connectivity index (χ4n) is 3.75. The SMILES string of the molecule is COc1ccc(-c2cc3c(=O)n(CC(=O)NCCCN4CCN(C)CC4)ncn3n2)cc1. The Kier molecular flexibility index (Phi) is 6.81. The summed E-state index contributed by atoms with van der Waals surface area (Å²) in [6, 6.07) is 9.13. The van der Waals surface area contributed by atoms with Crippen molar-refractivity contribution in [3.63, 3.8) is 0 Å². The molecule has 0 unspecified atom stereocenters. The van der Waals surface area contributed by atoms with Gasteiger partial charge in [0.1, 0.15) is 24.1 Å². The van der Waals surface area contributed by atoms with Crippen LogP contribution in [0.2, 0.25) is 0 Å². The highest BCUT2D eigenvalue weighted by Gasteiger charge is 2.14. The maximum atomic E-state index is 12.8. The highest BCUT2D eigenvalue weighted by Crippen LogP contribution is 2.21. The molecule has 1 aromatic carbocycles. The molecule has 0 aliphatic carbocycles. The van der Waals surface area contributed by atoms with Crippen LogP contribution in [0.1, 0.15) is 6.42 Å². The third-order valence-corrected chi connectivity index (χ3v) is 5.74. The Morgan fingerprint density at radius 2 is 1.91 bits per heavy atom. The standard InChI is InChI=1S/C22H29N7O3/c1-26-10-12-27(13-11-26)9-3-8-23-21(30)15-28-22(31)20-14-19(25-29(20)16-24-28)17-4-6-18(32-2)7-5-17/h4-7,14,16H,3,8-13,15H2,1-2H3,(H,23,30). The zero-order chi connectivity index (χ0) is 22.5. The molecule has 1 N–H and O–H groups in total. The molecule has 1 aliphatic heterocycles. The summed E-state index contributed by atoms with van der Waals surface area (Å²) in [5, 5.41) is 11.4. The van der Waals surface area contributed by atoms with Crippen LogP contribution in [0, 0.1) is 0 Å². The van der Waals surface area contributed by atoms with Gasteiger partial charge in [-0.1, -0.05) is 0 Å². The lowest BCUT2D eigenvalue weighted by atomic mass is 10.1. The Morgan fingerprint density at radius 3 is 2.62 bits per heavy atom. The monoisotopic (exact) mass is 439 g/mol. The van der Waals surface area contributed by atoms with Crippen molar-refractivity contribution in [2.75, 3.05) is 53.4 Å². The summed E-state index contributed by atoms with van der Waals surface area (Å²) in [4.78, 5) is 29.8. The predicted molar refractivity (Wildman–Crippen MR) is 121 cm³/mol. The smallest absolute Gasteiger partial charge is 0.293 e. The number of fused-ring (bicyclic) bond motifs is 1. The molecule has 10 heteroatoms. The van der Waals surface area contributed by atoms with Crippen molar-refractivity contribution < 1.29 is 9.53 Å². The van der Waals surface area contributed by atoms with E-state index in [1.807, 2.05) is 24.3 Å². The third kappa shape index (κ3) is 5.14. The number of nitrogens with zero attached hydrogens (tertiary/aromatic N) is 6. The van der Waals surface area contributed by atoms with Crippen molar-refractivity contribution in [2.45, 2.75) is 13.0 Å². The highest BCUT2D eigenvalue weighted by atomic mass is 16.5. The largest absolute Gasteiger partial charge is 0.497 e. The second kappa shape index (κ2) is 9.92. The van der Waals surface area contributed by atoms with Gasteiger partial charge in [-0.25, -0.2) is 9.20 Å². The van der Waals surface area contributed by atoms with Gasteiger partial charge in [-0.15, -0.1) is 0 Å². The van der Waals surface area contributed by atoms with Crippen molar-refractivity contribution >= 4 is 11.4 Å². The number of benzene rings is 1. The van der Waals surface area contributed by atoms with E-state index in [4.69, 9.17) is 4.74 Å². The van der Waals surface area contributed by atoms with Crippen LogP contribution in [-0.2, 0) is 11.3 Å². The molecule has 1 aliphatic rings. The molecule has 0 atom stereocenters.